The topological polar surface area (TPSA) is 175 Å². The van der Waals surface area contributed by atoms with Crippen molar-refractivity contribution in [3.8, 4) is 33.6 Å². The summed E-state index contributed by atoms with van der Waals surface area (Å²) in [7, 11) is 2.58. The van der Waals surface area contributed by atoms with E-state index in [2.05, 4.69) is 98.4 Å². The van der Waals surface area contributed by atoms with Gasteiger partial charge in [-0.05, 0) is 88.0 Å². The molecule has 0 bridgehead atoms. The first-order chi connectivity index (χ1) is 29.9. The van der Waals surface area contributed by atoms with Crippen LogP contribution < -0.4 is 10.6 Å². The third-order valence-corrected chi connectivity index (χ3v) is 11.6. The van der Waals surface area contributed by atoms with Crippen LogP contribution >= 0.6 is 0 Å². The van der Waals surface area contributed by atoms with Gasteiger partial charge in [-0.2, -0.15) is 0 Å². The molecule has 2 aromatic heterocycles. The Morgan fingerprint density at radius 1 is 0.726 bits per heavy atom. The van der Waals surface area contributed by atoms with Crippen molar-refractivity contribution >= 4 is 45.5 Å². The van der Waals surface area contributed by atoms with Gasteiger partial charge in [0.25, 0.3) is 0 Å². The Morgan fingerprint density at radius 2 is 1.23 bits per heavy atom. The molecule has 6 aromatic rings. The second-order valence-corrected chi connectivity index (χ2v) is 16.6. The van der Waals surface area contributed by atoms with E-state index in [4.69, 9.17) is 14.5 Å². The number of benzene rings is 4. The second kappa shape index (κ2) is 18.9. The number of fused-ring (bicyclic) bond motifs is 2. The van der Waals surface area contributed by atoms with Gasteiger partial charge >= 0.3 is 12.2 Å². The molecule has 0 saturated carbocycles. The highest BCUT2D eigenvalue weighted by molar-refractivity contribution is 5.94. The fraction of sp³-hybridized carbons (Fsp3) is 0.375. The maximum Gasteiger partial charge on any atom is 0.407 e. The van der Waals surface area contributed by atoms with Crippen LogP contribution in [0.1, 0.15) is 71.6 Å². The first kappa shape index (κ1) is 43.4. The van der Waals surface area contributed by atoms with Crippen LogP contribution in [0.5, 0.6) is 0 Å². The molecule has 0 unspecified atom stereocenters. The fourth-order valence-electron chi connectivity index (χ4n) is 8.23. The molecule has 14 heteroatoms. The monoisotopic (exact) mass is 840 g/mol. The number of H-pyrrole nitrogens is 2. The predicted molar refractivity (Wildman–Crippen MR) is 240 cm³/mol. The van der Waals surface area contributed by atoms with E-state index < -0.39 is 24.3 Å². The minimum atomic E-state index is -0.710. The van der Waals surface area contributed by atoms with E-state index in [1.165, 1.54) is 14.2 Å². The highest BCUT2D eigenvalue weighted by Crippen LogP contribution is 2.35. The van der Waals surface area contributed by atoms with Gasteiger partial charge in [0.05, 0.1) is 50.6 Å². The van der Waals surface area contributed by atoms with Gasteiger partial charge in [-0.3, -0.25) is 9.59 Å². The Morgan fingerprint density at radius 3 is 1.76 bits per heavy atom. The molecule has 1 saturated heterocycles. The van der Waals surface area contributed by atoms with Crippen molar-refractivity contribution in [1.29, 1.82) is 0 Å². The van der Waals surface area contributed by atoms with Gasteiger partial charge in [-0.1, -0.05) is 83.1 Å². The summed E-state index contributed by atoms with van der Waals surface area (Å²) < 4.78 is 9.53. The van der Waals surface area contributed by atoms with Crippen molar-refractivity contribution in [1.82, 2.24) is 40.4 Å². The molecule has 1 aliphatic heterocycles. The van der Waals surface area contributed by atoms with Crippen molar-refractivity contribution < 1.29 is 28.7 Å². The molecule has 3 atom stereocenters. The summed E-state index contributed by atoms with van der Waals surface area (Å²) in [5.41, 5.74) is 5.92. The van der Waals surface area contributed by atoms with Gasteiger partial charge in [0.15, 0.2) is 0 Å². The van der Waals surface area contributed by atoms with E-state index in [1.54, 1.807) is 11.1 Å². The molecule has 324 valence electrons. The lowest BCUT2D eigenvalue weighted by Crippen LogP contribution is -2.51. The van der Waals surface area contributed by atoms with Gasteiger partial charge in [-0.25, -0.2) is 19.6 Å². The molecule has 1 fully saturated rings. The number of aromatic nitrogens is 4. The summed E-state index contributed by atoms with van der Waals surface area (Å²) in [5, 5.41) is 9.79. The van der Waals surface area contributed by atoms with E-state index in [0.717, 1.165) is 80.3 Å². The predicted octanol–water partition coefficient (Wildman–Crippen LogP) is 8.60. The number of carbonyl (C=O) groups excluding carboxylic acids is 4. The highest BCUT2D eigenvalue weighted by Gasteiger charge is 2.37. The first-order valence-electron chi connectivity index (χ1n) is 21.3. The number of nitrogens with one attached hydrogen (secondary N) is 4. The van der Waals surface area contributed by atoms with E-state index in [1.807, 2.05) is 45.7 Å². The van der Waals surface area contributed by atoms with Crippen molar-refractivity contribution in [2.24, 2.45) is 11.8 Å². The lowest BCUT2D eigenvalue weighted by Gasteiger charge is -2.30. The second-order valence-electron chi connectivity index (χ2n) is 16.6. The zero-order valence-corrected chi connectivity index (χ0v) is 36.5. The summed E-state index contributed by atoms with van der Waals surface area (Å²) in [5.74, 6) is 0.849. The van der Waals surface area contributed by atoms with Gasteiger partial charge in [-0.15, -0.1) is 0 Å². The fourth-order valence-corrected chi connectivity index (χ4v) is 8.23. The normalized spacial score (nSPS) is 14.9. The van der Waals surface area contributed by atoms with E-state index >= 15 is 0 Å². The number of likely N-dealkylation sites (tertiary alicyclic amines) is 1. The molecule has 4 N–H and O–H groups in total. The number of amides is 4. The Kier molecular flexibility index (Phi) is 13.2. The quantitative estimate of drug-likeness (QED) is 0.0844. The number of aromatic amines is 2. The molecule has 0 aliphatic carbocycles. The van der Waals surface area contributed by atoms with Crippen LogP contribution in [0.15, 0.2) is 85.2 Å². The maximum atomic E-state index is 13.6. The minimum Gasteiger partial charge on any atom is -0.453 e. The van der Waals surface area contributed by atoms with Crippen molar-refractivity contribution in [3.05, 3.63) is 96.8 Å². The van der Waals surface area contributed by atoms with Crippen LogP contribution in [0.2, 0.25) is 0 Å². The zero-order valence-electron chi connectivity index (χ0n) is 36.5. The van der Waals surface area contributed by atoms with E-state index in [-0.39, 0.29) is 36.2 Å². The molecule has 14 nitrogen and oxygen atoms in total. The molecule has 0 radical (unpaired) electrons. The number of hydrogen-bond donors (Lipinski definition) is 4. The highest BCUT2D eigenvalue weighted by atomic mass is 16.5. The van der Waals surface area contributed by atoms with Crippen LogP contribution in [0.3, 0.4) is 0 Å². The van der Waals surface area contributed by atoms with Crippen LogP contribution in [-0.4, -0.2) is 93.1 Å². The number of alkyl carbamates (subject to hydrolysis) is 2. The number of imidazole rings is 2. The van der Waals surface area contributed by atoms with Gasteiger partial charge in [0.1, 0.15) is 23.7 Å². The molecule has 62 heavy (non-hydrogen) atoms. The average Bonchev–Trinajstić information content (AvgIpc) is 4.08. The Hall–Kier alpha value is -6.70. The molecule has 0 spiro atoms. The van der Waals surface area contributed by atoms with Gasteiger partial charge in [0, 0.05) is 24.2 Å². The van der Waals surface area contributed by atoms with E-state index in [0.29, 0.717) is 18.9 Å². The molecule has 4 aromatic carbocycles. The number of ether oxygens (including phenoxy) is 2. The number of carbonyl (C=O) groups is 4. The maximum absolute atomic E-state index is 13.6. The van der Waals surface area contributed by atoms with E-state index in [9.17, 15) is 19.2 Å². The smallest absolute Gasteiger partial charge is 0.407 e. The molecule has 7 rings (SSSR count). The summed E-state index contributed by atoms with van der Waals surface area (Å²) in [6.07, 6.45) is 4.75. The summed E-state index contributed by atoms with van der Waals surface area (Å²) in [6, 6.07) is 24.0. The summed E-state index contributed by atoms with van der Waals surface area (Å²) >= 11 is 0. The third kappa shape index (κ3) is 9.44. The zero-order chi connectivity index (χ0) is 44.1. The first-order valence-corrected chi connectivity index (χ1v) is 21.3. The van der Waals surface area contributed by atoms with Crippen LogP contribution in [-0.2, 0) is 25.6 Å². The number of hydrogen-bond acceptors (Lipinski definition) is 8. The van der Waals surface area contributed by atoms with Crippen LogP contribution in [0.25, 0.3) is 55.2 Å². The molecular formula is C48H56N8O6. The third-order valence-electron chi connectivity index (χ3n) is 11.6. The van der Waals surface area contributed by atoms with Crippen LogP contribution in [0, 0.1) is 11.8 Å². The standard InChI is InChI=1S/C48H56N8O6/c1-8-19-55(45(57)42(28(2)3)53-47(59)61-6)27-41-49-25-38(51-41)36-17-15-32-21-30(11-13-34(32)23-36)31-12-14-35-24-37(18-16-33(35)22-31)39-26-50-44(52-39)40-10-9-20-56(40)46(58)43(29(4)5)54-48(60)62-7/h11-18,21-26,28-29,40,42-43H,8-10,19-20,27H2,1-7H3,(H,49,51)(H,50,52)(H,53,59)(H,54,60)/t40-,42-,43-/m0/s1. The SMILES string of the molecule is CCCN(Cc1ncc(-c2ccc3cc(-c4ccc5cc(-c6cnc([C@@H]7CCCN7C(=O)[C@@H](NC(=O)OC)C(C)C)[nH]6)ccc5c4)ccc3c2)[nH]1)C(=O)[C@@H](NC(=O)OC)C(C)C. The molecule has 3 heterocycles. The van der Waals surface area contributed by atoms with Crippen molar-refractivity contribution in [2.45, 2.75) is 78.6 Å². The lowest BCUT2D eigenvalue weighted by atomic mass is 9.97. The Balaban J connectivity index is 1.04. The summed E-state index contributed by atoms with van der Waals surface area (Å²) in [6.45, 7) is 11.0. The molecule has 1 aliphatic rings. The Labute approximate surface area is 361 Å². The number of methoxy groups -OCH3 is 2. The lowest BCUT2D eigenvalue weighted by molar-refractivity contribution is -0.136. The van der Waals surface area contributed by atoms with Crippen molar-refractivity contribution in [2.75, 3.05) is 27.3 Å². The minimum absolute atomic E-state index is 0.106. The van der Waals surface area contributed by atoms with Gasteiger partial charge < -0.3 is 39.9 Å². The molecule has 4 amide bonds. The Bertz CT molecular complexity index is 2580. The van der Waals surface area contributed by atoms with Crippen molar-refractivity contribution in [3.63, 3.8) is 0 Å². The number of rotatable bonds is 14. The number of nitrogens with zero attached hydrogens (tertiary/aromatic N) is 4. The largest absolute Gasteiger partial charge is 0.453 e. The van der Waals surface area contributed by atoms with Crippen LogP contribution in [0.4, 0.5) is 9.59 Å². The molecular weight excluding hydrogens is 785 g/mol. The summed E-state index contributed by atoms with van der Waals surface area (Å²) in [4.78, 5) is 70.9. The average molecular weight is 841 g/mol. The van der Waals surface area contributed by atoms with Gasteiger partial charge in [0.2, 0.25) is 11.8 Å².